The molecule has 1 unspecified atom stereocenters. The second-order valence-corrected chi connectivity index (χ2v) is 4.56. The van der Waals surface area contributed by atoms with Gasteiger partial charge in [0.2, 0.25) is 0 Å². The van der Waals surface area contributed by atoms with Crippen LogP contribution >= 0.6 is 23.2 Å². The van der Waals surface area contributed by atoms with Gasteiger partial charge in [-0.05, 0) is 18.2 Å². The largest absolute Gasteiger partial charge is 0.357 e. The number of benzene rings is 1. The van der Waals surface area contributed by atoms with Crippen LogP contribution in [0.25, 0.3) is 10.9 Å². The molecule has 0 saturated heterocycles. The summed E-state index contributed by atoms with van der Waals surface area (Å²) in [6.07, 6.45) is 0. The third kappa shape index (κ3) is 1.98. The molecular weight excluding hydrogens is 231 g/mol. The molecule has 0 fully saturated rings. The Morgan fingerprint density at radius 3 is 2.73 bits per heavy atom. The summed E-state index contributed by atoms with van der Waals surface area (Å²) in [6, 6.07) is 5.68. The van der Waals surface area contributed by atoms with Gasteiger partial charge in [-0.3, -0.25) is 0 Å². The topological polar surface area (TPSA) is 41.8 Å². The van der Waals surface area contributed by atoms with Gasteiger partial charge in [-0.1, -0.05) is 30.1 Å². The van der Waals surface area contributed by atoms with E-state index < -0.39 is 0 Å². The van der Waals surface area contributed by atoms with Crippen molar-refractivity contribution >= 4 is 34.1 Å². The van der Waals surface area contributed by atoms with Crippen molar-refractivity contribution in [1.29, 1.82) is 0 Å². The van der Waals surface area contributed by atoms with E-state index in [-0.39, 0.29) is 0 Å². The Bertz CT molecular complexity index is 491. The molecule has 2 rings (SSSR count). The standard InChI is InChI=1S/C11H12Cl2N2/c1-6(5-14)10-3-7-2-8(12)4-9(13)11(7)15-10/h2-4,6,15H,5,14H2,1H3. The molecule has 0 aliphatic heterocycles. The maximum Gasteiger partial charge on any atom is 0.0661 e. The first-order valence-electron chi connectivity index (χ1n) is 4.79. The molecule has 4 heteroatoms. The molecule has 2 aromatic rings. The van der Waals surface area contributed by atoms with Crippen molar-refractivity contribution in [2.45, 2.75) is 12.8 Å². The van der Waals surface area contributed by atoms with Crippen molar-refractivity contribution in [3.05, 3.63) is 33.9 Å². The summed E-state index contributed by atoms with van der Waals surface area (Å²) >= 11 is 12.0. The van der Waals surface area contributed by atoms with Gasteiger partial charge in [-0.2, -0.15) is 0 Å². The predicted octanol–water partition coefficient (Wildman–Crippen LogP) is 3.54. The monoisotopic (exact) mass is 242 g/mol. The number of H-pyrrole nitrogens is 1. The summed E-state index contributed by atoms with van der Waals surface area (Å²) in [6.45, 7) is 2.68. The van der Waals surface area contributed by atoms with Crippen molar-refractivity contribution in [1.82, 2.24) is 4.98 Å². The minimum Gasteiger partial charge on any atom is -0.357 e. The van der Waals surface area contributed by atoms with E-state index in [1.165, 1.54) is 0 Å². The zero-order valence-electron chi connectivity index (χ0n) is 8.35. The molecule has 3 N–H and O–H groups in total. The van der Waals surface area contributed by atoms with Gasteiger partial charge in [0.25, 0.3) is 0 Å². The van der Waals surface area contributed by atoms with Gasteiger partial charge in [0.05, 0.1) is 10.5 Å². The molecule has 0 bridgehead atoms. The average molecular weight is 243 g/mol. The summed E-state index contributed by atoms with van der Waals surface area (Å²) in [4.78, 5) is 3.27. The molecular formula is C11H12Cl2N2. The zero-order valence-corrected chi connectivity index (χ0v) is 9.86. The number of hydrogen-bond acceptors (Lipinski definition) is 1. The zero-order chi connectivity index (χ0) is 11.0. The van der Waals surface area contributed by atoms with Crippen molar-refractivity contribution in [3.63, 3.8) is 0 Å². The van der Waals surface area contributed by atoms with E-state index in [0.29, 0.717) is 22.5 Å². The third-order valence-electron chi connectivity index (χ3n) is 2.55. The van der Waals surface area contributed by atoms with Crippen molar-refractivity contribution < 1.29 is 0 Å². The SMILES string of the molecule is CC(CN)c1cc2cc(Cl)cc(Cl)c2[nH]1. The van der Waals surface area contributed by atoms with E-state index >= 15 is 0 Å². The lowest BCUT2D eigenvalue weighted by atomic mass is 10.1. The van der Waals surface area contributed by atoms with E-state index in [0.717, 1.165) is 16.6 Å². The van der Waals surface area contributed by atoms with Crippen LogP contribution in [0.4, 0.5) is 0 Å². The lowest BCUT2D eigenvalue weighted by Crippen LogP contribution is -2.08. The fraction of sp³-hybridized carbons (Fsp3) is 0.273. The van der Waals surface area contributed by atoms with E-state index in [4.69, 9.17) is 28.9 Å². The normalized spacial score (nSPS) is 13.3. The number of aromatic amines is 1. The number of nitrogens with two attached hydrogens (primary N) is 1. The summed E-state index contributed by atoms with van der Waals surface area (Å²) in [5, 5.41) is 2.33. The average Bonchev–Trinajstić information content (AvgIpc) is 2.60. The number of hydrogen-bond donors (Lipinski definition) is 2. The maximum absolute atomic E-state index is 6.08. The molecule has 0 radical (unpaired) electrons. The molecule has 0 aliphatic rings. The molecule has 1 aromatic heterocycles. The number of halogens is 2. The van der Waals surface area contributed by atoms with Crippen LogP contribution in [-0.4, -0.2) is 11.5 Å². The van der Waals surface area contributed by atoms with E-state index in [1.54, 1.807) is 6.07 Å². The van der Waals surface area contributed by atoms with Crippen LogP contribution in [0, 0.1) is 0 Å². The van der Waals surface area contributed by atoms with Gasteiger partial charge in [0.15, 0.2) is 0 Å². The highest BCUT2D eigenvalue weighted by Crippen LogP contribution is 2.29. The van der Waals surface area contributed by atoms with Crippen LogP contribution in [0.5, 0.6) is 0 Å². The molecule has 2 nitrogen and oxygen atoms in total. The Morgan fingerprint density at radius 2 is 2.07 bits per heavy atom. The molecule has 1 atom stereocenters. The Morgan fingerprint density at radius 1 is 1.33 bits per heavy atom. The van der Waals surface area contributed by atoms with Gasteiger partial charge in [0.1, 0.15) is 0 Å². The van der Waals surface area contributed by atoms with Crippen LogP contribution < -0.4 is 5.73 Å². The Kier molecular flexibility index (Phi) is 2.91. The molecule has 0 spiro atoms. The van der Waals surface area contributed by atoms with Gasteiger partial charge in [0, 0.05) is 28.6 Å². The van der Waals surface area contributed by atoms with Crippen molar-refractivity contribution in [3.8, 4) is 0 Å². The van der Waals surface area contributed by atoms with Crippen molar-refractivity contribution in [2.24, 2.45) is 5.73 Å². The highest BCUT2D eigenvalue weighted by molar-refractivity contribution is 6.38. The molecule has 15 heavy (non-hydrogen) atoms. The fourth-order valence-corrected chi connectivity index (χ4v) is 2.14. The summed E-state index contributed by atoms with van der Waals surface area (Å²) < 4.78 is 0. The highest BCUT2D eigenvalue weighted by Gasteiger charge is 2.09. The number of aromatic nitrogens is 1. The molecule has 1 heterocycles. The lowest BCUT2D eigenvalue weighted by Gasteiger charge is -2.03. The minimum absolute atomic E-state index is 0.298. The Balaban J connectivity index is 2.60. The van der Waals surface area contributed by atoms with Crippen LogP contribution in [0.2, 0.25) is 10.0 Å². The first-order chi connectivity index (χ1) is 7.11. The predicted molar refractivity (Wildman–Crippen MR) is 65.8 cm³/mol. The Hall–Kier alpha value is -0.700. The molecule has 80 valence electrons. The highest BCUT2D eigenvalue weighted by atomic mass is 35.5. The second-order valence-electron chi connectivity index (χ2n) is 3.71. The van der Waals surface area contributed by atoms with Gasteiger partial charge in [-0.25, -0.2) is 0 Å². The van der Waals surface area contributed by atoms with Crippen LogP contribution in [0.1, 0.15) is 18.5 Å². The first kappa shape index (κ1) is 10.8. The number of fused-ring (bicyclic) bond motifs is 1. The summed E-state index contributed by atoms with van der Waals surface area (Å²) in [5.74, 6) is 0.298. The molecule has 0 amide bonds. The van der Waals surface area contributed by atoms with E-state index in [9.17, 15) is 0 Å². The van der Waals surface area contributed by atoms with Crippen molar-refractivity contribution in [2.75, 3.05) is 6.54 Å². The van der Waals surface area contributed by atoms with Crippen LogP contribution in [-0.2, 0) is 0 Å². The van der Waals surface area contributed by atoms with Gasteiger partial charge < -0.3 is 10.7 Å². The molecule has 0 saturated carbocycles. The van der Waals surface area contributed by atoms with E-state index in [2.05, 4.69) is 11.9 Å². The van der Waals surface area contributed by atoms with Gasteiger partial charge >= 0.3 is 0 Å². The summed E-state index contributed by atoms with van der Waals surface area (Å²) in [5.41, 5.74) is 7.64. The second kappa shape index (κ2) is 4.05. The molecule has 1 aromatic carbocycles. The van der Waals surface area contributed by atoms with E-state index in [1.807, 2.05) is 12.1 Å². The quantitative estimate of drug-likeness (QED) is 0.832. The summed E-state index contributed by atoms with van der Waals surface area (Å²) in [7, 11) is 0. The number of rotatable bonds is 2. The number of nitrogens with one attached hydrogen (secondary N) is 1. The minimum atomic E-state index is 0.298. The Labute approximate surface area is 98.4 Å². The third-order valence-corrected chi connectivity index (χ3v) is 3.07. The molecule has 0 aliphatic carbocycles. The first-order valence-corrected chi connectivity index (χ1v) is 5.55. The maximum atomic E-state index is 6.08. The van der Waals surface area contributed by atoms with Crippen LogP contribution in [0.3, 0.4) is 0 Å². The fourth-order valence-electron chi connectivity index (χ4n) is 1.58. The van der Waals surface area contributed by atoms with Crippen LogP contribution in [0.15, 0.2) is 18.2 Å². The lowest BCUT2D eigenvalue weighted by molar-refractivity contribution is 0.754. The van der Waals surface area contributed by atoms with Gasteiger partial charge in [-0.15, -0.1) is 0 Å². The smallest absolute Gasteiger partial charge is 0.0661 e.